The number of hydrogen-bond donors (Lipinski definition) is 1. The predicted molar refractivity (Wildman–Crippen MR) is 125 cm³/mol. The Kier molecular flexibility index (Phi) is 5.83. The number of fused-ring (bicyclic) bond motifs is 1. The SMILES string of the molecule is CCOc1ccc(C2(CNC(=O)c3cc(C4CC4)nc4ccccc34)CCOCC2)cc1. The molecule has 0 spiro atoms. The van der Waals surface area contributed by atoms with E-state index < -0.39 is 0 Å². The molecule has 1 N–H and O–H groups in total. The molecule has 2 heterocycles. The zero-order valence-electron chi connectivity index (χ0n) is 18.6. The van der Waals surface area contributed by atoms with Gasteiger partial charge in [-0.3, -0.25) is 9.78 Å². The van der Waals surface area contributed by atoms with Crippen molar-refractivity contribution in [2.45, 2.75) is 43.9 Å². The summed E-state index contributed by atoms with van der Waals surface area (Å²) in [6, 6.07) is 18.3. The number of pyridine rings is 1. The van der Waals surface area contributed by atoms with Crippen molar-refractivity contribution in [1.82, 2.24) is 10.3 Å². The Morgan fingerprint density at radius 1 is 1.12 bits per heavy atom. The van der Waals surface area contributed by atoms with Gasteiger partial charge in [0.05, 0.1) is 17.7 Å². The second-order valence-corrected chi connectivity index (χ2v) is 8.92. The Hall–Kier alpha value is -2.92. The fourth-order valence-electron chi connectivity index (χ4n) is 4.72. The highest BCUT2D eigenvalue weighted by molar-refractivity contribution is 6.06. The molecule has 1 amide bonds. The normalized spacial score (nSPS) is 17.8. The Morgan fingerprint density at radius 3 is 2.59 bits per heavy atom. The molecule has 0 unspecified atom stereocenters. The number of carbonyl (C=O) groups is 1. The maximum Gasteiger partial charge on any atom is 0.252 e. The van der Waals surface area contributed by atoms with Gasteiger partial charge >= 0.3 is 0 Å². The molecule has 0 atom stereocenters. The van der Waals surface area contributed by atoms with Gasteiger partial charge in [-0.2, -0.15) is 0 Å². The molecule has 2 fully saturated rings. The molecule has 1 saturated carbocycles. The zero-order valence-corrected chi connectivity index (χ0v) is 18.6. The minimum absolute atomic E-state index is 0.0256. The summed E-state index contributed by atoms with van der Waals surface area (Å²) in [6.07, 6.45) is 4.08. The summed E-state index contributed by atoms with van der Waals surface area (Å²) in [5.41, 5.74) is 3.76. The van der Waals surface area contributed by atoms with Crippen LogP contribution in [0.5, 0.6) is 5.75 Å². The van der Waals surface area contributed by atoms with Gasteiger partial charge in [0.15, 0.2) is 0 Å². The molecule has 1 aliphatic heterocycles. The minimum Gasteiger partial charge on any atom is -0.494 e. The first kappa shape index (κ1) is 21.0. The van der Waals surface area contributed by atoms with Crippen molar-refractivity contribution in [3.8, 4) is 5.75 Å². The Balaban J connectivity index is 1.41. The Bertz CT molecular complexity index is 1100. The van der Waals surface area contributed by atoms with Crippen molar-refractivity contribution in [3.05, 3.63) is 71.4 Å². The number of nitrogens with zero attached hydrogens (tertiary/aromatic N) is 1. The Labute approximate surface area is 189 Å². The molecular weight excluding hydrogens is 400 g/mol. The maximum atomic E-state index is 13.4. The summed E-state index contributed by atoms with van der Waals surface area (Å²) >= 11 is 0. The van der Waals surface area contributed by atoms with Crippen LogP contribution >= 0.6 is 0 Å². The predicted octanol–water partition coefficient (Wildman–Crippen LogP) is 4.99. The largest absolute Gasteiger partial charge is 0.494 e. The standard InChI is InChI=1S/C27H30N2O3/c1-2-32-21-11-9-20(10-12-21)27(13-15-31-16-14-27)18-28-26(30)23-17-25(19-7-8-19)29-24-6-4-3-5-22(23)24/h3-6,9-12,17,19H,2,7-8,13-16,18H2,1H3,(H,28,30). The smallest absolute Gasteiger partial charge is 0.252 e. The first-order chi connectivity index (χ1) is 15.7. The van der Waals surface area contributed by atoms with Gasteiger partial charge in [-0.05, 0) is 62.4 Å². The molecule has 1 aromatic heterocycles. The average Bonchev–Trinajstić information content (AvgIpc) is 3.69. The second-order valence-electron chi connectivity index (χ2n) is 8.92. The van der Waals surface area contributed by atoms with Gasteiger partial charge in [-0.25, -0.2) is 0 Å². The molecule has 3 aromatic rings. The van der Waals surface area contributed by atoms with Gasteiger partial charge in [0.25, 0.3) is 5.91 Å². The van der Waals surface area contributed by atoms with Gasteiger partial charge < -0.3 is 14.8 Å². The van der Waals surface area contributed by atoms with E-state index in [-0.39, 0.29) is 11.3 Å². The van der Waals surface area contributed by atoms with Crippen molar-refractivity contribution in [1.29, 1.82) is 0 Å². The van der Waals surface area contributed by atoms with Crippen molar-refractivity contribution < 1.29 is 14.3 Å². The number of amides is 1. The van der Waals surface area contributed by atoms with E-state index in [0.29, 0.717) is 32.3 Å². The van der Waals surface area contributed by atoms with E-state index in [1.165, 1.54) is 5.56 Å². The first-order valence-corrected chi connectivity index (χ1v) is 11.7. The quantitative estimate of drug-likeness (QED) is 0.574. The van der Waals surface area contributed by atoms with E-state index in [9.17, 15) is 4.79 Å². The van der Waals surface area contributed by atoms with Crippen LogP contribution in [-0.2, 0) is 10.2 Å². The molecular formula is C27H30N2O3. The van der Waals surface area contributed by atoms with E-state index in [2.05, 4.69) is 17.4 Å². The highest BCUT2D eigenvalue weighted by atomic mass is 16.5. The van der Waals surface area contributed by atoms with Crippen LogP contribution in [0.2, 0.25) is 0 Å². The summed E-state index contributed by atoms with van der Waals surface area (Å²) in [5.74, 6) is 1.34. The molecule has 2 aromatic carbocycles. The number of rotatable bonds is 7. The van der Waals surface area contributed by atoms with Crippen molar-refractivity contribution in [2.24, 2.45) is 0 Å². The molecule has 1 saturated heterocycles. The fraction of sp³-hybridized carbons (Fsp3) is 0.407. The van der Waals surface area contributed by atoms with Crippen molar-refractivity contribution >= 4 is 16.8 Å². The third-order valence-corrected chi connectivity index (χ3v) is 6.79. The van der Waals surface area contributed by atoms with Crippen LogP contribution in [0.3, 0.4) is 0 Å². The van der Waals surface area contributed by atoms with Gasteiger partial charge in [0.1, 0.15) is 5.75 Å². The lowest BCUT2D eigenvalue weighted by molar-refractivity contribution is 0.0487. The maximum absolute atomic E-state index is 13.4. The number of benzene rings is 2. The van der Waals surface area contributed by atoms with Crippen molar-refractivity contribution in [3.63, 3.8) is 0 Å². The lowest BCUT2D eigenvalue weighted by Crippen LogP contribution is -2.44. The summed E-state index contributed by atoms with van der Waals surface area (Å²) in [6.45, 7) is 4.62. The summed E-state index contributed by atoms with van der Waals surface area (Å²) in [5, 5.41) is 4.19. The zero-order chi connectivity index (χ0) is 22.0. The van der Waals surface area contributed by atoms with Crippen LogP contribution in [0.25, 0.3) is 10.9 Å². The molecule has 5 rings (SSSR count). The van der Waals surface area contributed by atoms with Crippen LogP contribution < -0.4 is 10.1 Å². The summed E-state index contributed by atoms with van der Waals surface area (Å²) in [7, 11) is 0. The lowest BCUT2D eigenvalue weighted by Gasteiger charge is -2.38. The fourth-order valence-corrected chi connectivity index (χ4v) is 4.72. The third-order valence-electron chi connectivity index (χ3n) is 6.79. The number of ether oxygens (including phenoxy) is 2. The molecule has 5 nitrogen and oxygen atoms in total. The number of para-hydroxylation sites is 1. The molecule has 166 valence electrons. The number of aromatic nitrogens is 1. The second kappa shape index (κ2) is 8.91. The molecule has 32 heavy (non-hydrogen) atoms. The highest BCUT2D eigenvalue weighted by Crippen LogP contribution is 2.40. The molecule has 0 radical (unpaired) electrons. The van der Waals surface area contributed by atoms with Crippen LogP contribution in [0, 0.1) is 0 Å². The van der Waals surface area contributed by atoms with Gasteiger partial charge in [0, 0.05) is 42.2 Å². The number of hydrogen-bond acceptors (Lipinski definition) is 4. The minimum atomic E-state index is -0.138. The van der Waals surface area contributed by atoms with Crippen LogP contribution in [0.1, 0.15) is 60.1 Å². The Morgan fingerprint density at radius 2 is 1.88 bits per heavy atom. The summed E-state index contributed by atoms with van der Waals surface area (Å²) in [4.78, 5) is 18.2. The molecule has 0 bridgehead atoms. The van der Waals surface area contributed by atoms with Crippen LogP contribution in [0.4, 0.5) is 0 Å². The summed E-state index contributed by atoms with van der Waals surface area (Å²) < 4.78 is 11.3. The van der Waals surface area contributed by atoms with Crippen LogP contribution in [0.15, 0.2) is 54.6 Å². The van der Waals surface area contributed by atoms with E-state index >= 15 is 0 Å². The van der Waals surface area contributed by atoms with E-state index in [1.54, 1.807) is 0 Å². The monoisotopic (exact) mass is 430 g/mol. The lowest BCUT2D eigenvalue weighted by atomic mass is 9.74. The molecule has 5 heteroatoms. The molecule has 2 aliphatic rings. The van der Waals surface area contributed by atoms with Gasteiger partial charge in [-0.15, -0.1) is 0 Å². The van der Waals surface area contributed by atoms with Gasteiger partial charge in [0.2, 0.25) is 0 Å². The number of nitrogens with one attached hydrogen (secondary N) is 1. The average molecular weight is 431 g/mol. The third kappa shape index (κ3) is 4.22. The van der Waals surface area contributed by atoms with Crippen molar-refractivity contribution in [2.75, 3.05) is 26.4 Å². The first-order valence-electron chi connectivity index (χ1n) is 11.7. The topological polar surface area (TPSA) is 60.5 Å². The van der Waals surface area contributed by atoms with Gasteiger partial charge in [-0.1, -0.05) is 30.3 Å². The highest BCUT2D eigenvalue weighted by Gasteiger charge is 2.35. The van der Waals surface area contributed by atoms with E-state index in [0.717, 1.165) is 53.6 Å². The molecule has 1 aliphatic carbocycles. The van der Waals surface area contributed by atoms with E-state index in [1.807, 2.05) is 49.4 Å². The van der Waals surface area contributed by atoms with Crippen LogP contribution in [-0.4, -0.2) is 37.3 Å². The number of carbonyl (C=O) groups excluding carboxylic acids is 1. The van der Waals surface area contributed by atoms with E-state index in [4.69, 9.17) is 14.5 Å².